The van der Waals surface area contributed by atoms with Gasteiger partial charge in [0.2, 0.25) is 0 Å². The van der Waals surface area contributed by atoms with Crippen molar-refractivity contribution in [1.29, 1.82) is 0 Å². The first-order valence-electron chi connectivity index (χ1n) is 2.99. The van der Waals surface area contributed by atoms with Crippen LogP contribution in [0.5, 0.6) is 0 Å². The Labute approximate surface area is 74.1 Å². The van der Waals surface area contributed by atoms with Crippen LogP contribution in [-0.4, -0.2) is 4.79 Å². The van der Waals surface area contributed by atoms with Gasteiger partial charge in [0, 0.05) is 0 Å². The molecule has 0 saturated heterocycles. The van der Waals surface area contributed by atoms with E-state index >= 15 is 0 Å². The fourth-order valence-electron chi connectivity index (χ4n) is 0.589. The molecule has 1 nitrogen and oxygen atoms in total. The van der Waals surface area contributed by atoms with Gasteiger partial charge in [0.1, 0.15) is 0 Å². The number of rotatable bonds is 1. The van der Waals surface area contributed by atoms with Gasteiger partial charge in [-0.2, -0.15) is 0 Å². The van der Waals surface area contributed by atoms with E-state index in [2.05, 4.69) is 22.2 Å². The third kappa shape index (κ3) is 5.50. The summed E-state index contributed by atoms with van der Waals surface area (Å²) < 4.78 is 0. The molecule has 0 bridgehead atoms. The second kappa shape index (κ2) is 7.17. The minimum atomic E-state index is 1.17. The molecular formula is C9H8FeO. The Kier molecular flexibility index (Phi) is 6.56. The molecular weight excluding hydrogens is 180 g/mol. The van der Waals surface area contributed by atoms with Crippen LogP contribution < -0.4 is 0 Å². The molecule has 1 rings (SSSR count). The van der Waals surface area contributed by atoms with Crippen molar-refractivity contribution < 1.29 is 20.4 Å². The first kappa shape index (κ1) is 10.1. The maximum absolute atomic E-state index is 8.57. The van der Waals surface area contributed by atoms with Crippen LogP contribution in [0.15, 0.2) is 36.9 Å². The zero-order valence-corrected chi connectivity index (χ0v) is 7.04. The zero-order chi connectivity index (χ0) is 8.53. The van der Waals surface area contributed by atoms with Gasteiger partial charge < -0.3 is 0 Å². The van der Waals surface area contributed by atoms with Gasteiger partial charge in [0.15, 0.2) is 0 Å². The molecule has 0 aliphatic carbocycles. The summed E-state index contributed by atoms with van der Waals surface area (Å²) in [5, 5.41) is 0. The average molecular weight is 188 g/mol. The first-order valence-corrected chi connectivity index (χ1v) is 3.54. The van der Waals surface area contributed by atoms with Crippen molar-refractivity contribution in [3.05, 3.63) is 42.5 Å². The van der Waals surface area contributed by atoms with Crippen molar-refractivity contribution in [2.75, 3.05) is 0 Å². The molecule has 0 radical (unpaired) electrons. The molecule has 58 valence electrons. The van der Waals surface area contributed by atoms with Crippen molar-refractivity contribution in [2.45, 2.75) is 0 Å². The SMILES string of the molecule is C=Cc1ccccc1.O=[C]=[Fe]. The van der Waals surface area contributed by atoms with E-state index in [-0.39, 0.29) is 0 Å². The molecule has 0 fully saturated rings. The van der Waals surface area contributed by atoms with Gasteiger partial charge in [0.05, 0.1) is 0 Å². The van der Waals surface area contributed by atoms with Gasteiger partial charge in [0.25, 0.3) is 0 Å². The second-order valence-electron chi connectivity index (χ2n) is 1.69. The number of hydrogen-bond donors (Lipinski definition) is 0. The van der Waals surface area contributed by atoms with Crippen LogP contribution in [0.25, 0.3) is 6.08 Å². The average Bonchev–Trinajstić information content (AvgIpc) is 2.08. The van der Waals surface area contributed by atoms with Crippen LogP contribution in [0.4, 0.5) is 0 Å². The maximum atomic E-state index is 8.57. The first-order chi connectivity index (χ1) is 5.35. The molecule has 0 aliphatic rings. The zero-order valence-electron chi connectivity index (χ0n) is 5.93. The number of carbonyl (C=O) groups excluding carboxylic acids is 1. The molecule has 0 amide bonds. The minimum absolute atomic E-state index is 1.17. The van der Waals surface area contributed by atoms with E-state index < -0.39 is 0 Å². The fraction of sp³-hybridized carbons (Fsp3) is 0. The summed E-state index contributed by atoms with van der Waals surface area (Å²) >= 11 is 2.68. The van der Waals surface area contributed by atoms with E-state index in [1.807, 2.05) is 36.4 Å². The third-order valence-corrected chi connectivity index (χ3v) is 1.04. The van der Waals surface area contributed by atoms with E-state index in [0.29, 0.717) is 0 Å². The van der Waals surface area contributed by atoms with E-state index in [4.69, 9.17) is 4.79 Å². The van der Waals surface area contributed by atoms with Gasteiger partial charge in [-0.15, -0.1) is 0 Å². The molecule has 11 heavy (non-hydrogen) atoms. The molecule has 1 aromatic rings. The normalized spacial score (nSPS) is 7.00. The molecule has 1 aromatic carbocycles. The Bertz CT molecular complexity index is 235. The number of hydrogen-bond acceptors (Lipinski definition) is 1. The molecule has 0 spiro atoms. The summed E-state index contributed by atoms with van der Waals surface area (Å²) in [7, 11) is 0. The summed E-state index contributed by atoms with van der Waals surface area (Å²) in [6.45, 7) is 3.63. The standard InChI is InChI=1S/C8H8.CO.Fe/c1-2-8-6-4-3-5-7-8;1-2;/h2-7H,1H2;;. The van der Waals surface area contributed by atoms with Gasteiger partial charge in [-0.3, -0.25) is 0 Å². The Morgan fingerprint density at radius 1 is 1.36 bits per heavy atom. The van der Waals surface area contributed by atoms with Crippen LogP contribution in [0.3, 0.4) is 0 Å². The van der Waals surface area contributed by atoms with Crippen LogP contribution in [-0.2, 0) is 20.4 Å². The summed E-state index contributed by atoms with van der Waals surface area (Å²) in [6, 6.07) is 10.0. The summed E-state index contributed by atoms with van der Waals surface area (Å²) in [5.41, 5.74) is 1.17. The van der Waals surface area contributed by atoms with E-state index in [0.717, 1.165) is 0 Å². The predicted octanol–water partition coefficient (Wildman–Crippen LogP) is 1.93. The Balaban J connectivity index is 0.000000292. The van der Waals surface area contributed by atoms with Crippen LogP contribution in [0.2, 0.25) is 0 Å². The van der Waals surface area contributed by atoms with E-state index in [1.165, 1.54) is 10.3 Å². The second-order valence-corrected chi connectivity index (χ2v) is 1.91. The molecule has 0 N–H and O–H groups in total. The van der Waals surface area contributed by atoms with Crippen molar-refractivity contribution in [3.8, 4) is 0 Å². The molecule has 0 atom stereocenters. The molecule has 0 unspecified atom stereocenters. The molecule has 0 saturated carbocycles. The Morgan fingerprint density at radius 3 is 2.09 bits per heavy atom. The van der Waals surface area contributed by atoms with Crippen molar-refractivity contribution in [1.82, 2.24) is 0 Å². The van der Waals surface area contributed by atoms with Gasteiger partial charge in [-0.1, -0.05) is 43.0 Å². The molecule has 2 heteroatoms. The van der Waals surface area contributed by atoms with Crippen molar-refractivity contribution >= 4 is 10.9 Å². The van der Waals surface area contributed by atoms with E-state index in [9.17, 15) is 0 Å². The summed E-state index contributed by atoms with van der Waals surface area (Å²) in [6.07, 6.45) is 1.83. The fourth-order valence-corrected chi connectivity index (χ4v) is 0.589. The molecule has 0 heterocycles. The van der Waals surface area contributed by atoms with Crippen molar-refractivity contribution in [3.63, 3.8) is 0 Å². The quantitative estimate of drug-likeness (QED) is 0.615. The van der Waals surface area contributed by atoms with Gasteiger partial charge >= 0.3 is 25.2 Å². The predicted molar refractivity (Wildman–Crippen MR) is 42.2 cm³/mol. The van der Waals surface area contributed by atoms with Crippen molar-refractivity contribution in [2.24, 2.45) is 0 Å². The van der Waals surface area contributed by atoms with Crippen LogP contribution in [0.1, 0.15) is 5.56 Å². The van der Waals surface area contributed by atoms with Crippen LogP contribution >= 0.6 is 0 Å². The summed E-state index contributed by atoms with van der Waals surface area (Å²) in [5.74, 6) is 0. The Hall–Kier alpha value is -0.941. The number of benzene rings is 1. The molecule has 0 aromatic heterocycles. The summed E-state index contributed by atoms with van der Waals surface area (Å²) in [4.78, 5) is 9.82. The molecule has 0 aliphatic heterocycles. The van der Waals surface area contributed by atoms with Gasteiger partial charge in [-0.05, 0) is 5.56 Å². The van der Waals surface area contributed by atoms with Crippen LogP contribution in [0, 0.1) is 0 Å². The monoisotopic (exact) mass is 188 g/mol. The third-order valence-electron chi connectivity index (χ3n) is 1.04. The van der Waals surface area contributed by atoms with Gasteiger partial charge in [-0.25, -0.2) is 0 Å². The van der Waals surface area contributed by atoms with E-state index in [1.54, 1.807) is 0 Å². The topological polar surface area (TPSA) is 17.1 Å². The Morgan fingerprint density at radius 2 is 1.82 bits per heavy atom.